The van der Waals surface area contributed by atoms with Crippen LogP contribution in [0.25, 0.3) is 0 Å². The van der Waals surface area contributed by atoms with Crippen LogP contribution in [-0.2, 0) is 4.74 Å². The molecule has 2 aromatic rings. The first-order chi connectivity index (χ1) is 10.7. The van der Waals surface area contributed by atoms with E-state index in [2.05, 4.69) is 0 Å². The fourth-order valence-corrected chi connectivity index (χ4v) is 2.50. The molecule has 112 valence electrons. The third-order valence-corrected chi connectivity index (χ3v) is 3.70. The highest BCUT2D eigenvalue weighted by Gasteiger charge is 2.38. The van der Waals surface area contributed by atoms with Crippen LogP contribution in [0, 0.1) is 0 Å². The van der Waals surface area contributed by atoms with E-state index in [0.717, 1.165) is 10.6 Å². The number of nitrogens with zero attached hydrogens (tertiary/aromatic N) is 2. The highest BCUT2D eigenvalue weighted by Crippen LogP contribution is 2.27. The Bertz CT molecular complexity index is 673. The molecule has 1 fully saturated rings. The van der Waals surface area contributed by atoms with Gasteiger partial charge in [-0.3, -0.25) is 4.79 Å². The fraction of sp³-hybridized carbons (Fsp3) is 0.176. The molecule has 0 aromatic heterocycles. The molecule has 1 atom stereocenters. The minimum absolute atomic E-state index is 0.188. The molecule has 5 heteroatoms. The summed E-state index contributed by atoms with van der Waals surface area (Å²) in [6.07, 6.45) is -0.650. The first kappa shape index (κ1) is 14.3. The molecule has 1 aliphatic heterocycles. The van der Waals surface area contributed by atoms with Crippen LogP contribution >= 0.6 is 0 Å². The molecular formula is C17H16N2O3. The molecule has 0 N–H and O–H groups in total. The normalized spacial score (nSPS) is 18.9. The van der Waals surface area contributed by atoms with Gasteiger partial charge in [-0.15, -0.1) is 0 Å². The molecule has 1 saturated heterocycles. The number of hydrogen-bond acceptors (Lipinski definition) is 4. The van der Waals surface area contributed by atoms with E-state index in [1.807, 2.05) is 36.4 Å². The SMILES string of the molecule is CN1[C@H](c2ccccc2)COC(=O)N1C(=O)c1ccccc1. The smallest absolute Gasteiger partial charge is 0.432 e. The predicted octanol–water partition coefficient (Wildman–Crippen LogP) is 2.87. The summed E-state index contributed by atoms with van der Waals surface area (Å²) in [5, 5.41) is 2.69. The maximum absolute atomic E-state index is 12.6. The molecular weight excluding hydrogens is 280 g/mol. The Morgan fingerprint density at radius 1 is 1.05 bits per heavy atom. The van der Waals surface area contributed by atoms with Gasteiger partial charge in [-0.1, -0.05) is 48.5 Å². The van der Waals surface area contributed by atoms with Crippen molar-refractivity contribution in [1.29, 1.82) is 0 Å². The number of ether oxygens (including phenoxy) is 1. The summed E-state index contributed by atoms with van der Waals surface area (Å²) in [5.74, 6) is -0.395. The maximum Gasteiger partial charge on any atom is 0.432 e. The Morgan fingerprint density at radius 3 is 2.27 bits per heavy atom. The van der Waals surface area contributed by atoms with Gasteiger partial charge < -0.3 is 4.74 Å². The second-order valence-electron chi connectivity index (χ2n) is 5.06. The summed E-state index contributed by atoms with van der Waals surface area (Å²) < 4.78 is 5.20. The molecule has 0 radical (unpaired) electrons. The Balaban J connectivity index is 1.89. The molecule has 3 rings (SSSR count). The number of benzene rings is 2. The topological polar surface area (TPSA) is 49.9 Å². The van der Waals surface area contributed by atoms with Gasteiger partial charge in [0, 0.05) is 12.6 Å². The van der Waals surface area contributed by atoms with E-state index in [0.29, 0.717) is 5.56 Å². The van der Waals surface area contributed by atoms with Crippen LogP contribution in [0.3, 0.4) is 0 Å². The first-order valence-corrected chi connectivity index (χ1v) is 7.02. The third kappa shape index (κ3) is 2.58. The molecule has 5 nitrogen and oxygen atoms in total. The van der Waals surface area contributed by atoms with Crippen molar-refractivity contribution in [3.8, 4) is 0 Å². The number of amides is 2. The standard InChI is InChI=1S/C17H16N2O3/c1-18-15(13-8-4-2-5-9-13)12-22-17(21)19(18)16(20)14-10-6-3-7-11-14/h2-11,15H,12H2,1H3/t15-/m0/s1. The number of carbonyl (C=O) groups excluding carboxylic acids is 2. The van der Waals surface area contributed by atoms with Crippen LogP contribution in [-0.4, -0.2) is 35.7 Å². The van der Waals surface area contributed by atoms with E-state index in [9.17, 15) is 9.59 Å². The highest BCUT2D eigenvalue weighted by atomic mass is 16.6. The van der Waals surface area contributed by atoms with Crippen molar-refractivity contribution in [3.63, 3.8) is 0 Å². The average molecular weight is 296 g/mol. The van der Waals surface area contributed by atoms with Crippen LogP contribution in [0.1, 0.15) is 22.0 Å². The number of hydrogen-bond donors (Lipinski definition) is 0. The zero-order chi connectivity index (χ0) is 15.5. The van der Waals surface area contributed by atoms with Gasteiger partial charge in [0.15, 0.2) is 0 Å². The molecule has 0 bridgehead atoms. The number of hydrazine groups is 1. The molecule has 1 heterocycles. The van der Waals surface area contributed by atoms with Gasteiger partial charge in [0.2, 0.25) is 0 Å². The molecule has 1 aliphatic rings. The molecule has 2 amide bonds. The van der Waals surface area contributed by atoms with Crippen molar-refractivity contribution >= 4 is 12.0 Å². The highest BCUT2D eigenvalue weighted by molar-refractivity contribution is 6.02. The van der Waals surface area contributed by atoms with Crippen LogP contribution in [0.5, 0.6) is 0 Å². The van der Waals surface area contributed by atoms with Crippen molar-refractivity contribution in [3.05, 3.63) is 71.8 Å². The summed E-state index contributed by atoms with van der Waals surface area (Å²) in [6.45, 7) is 0.220. The minimum atomic E-state index is -0.650. The van der Waals surface area contributed by atoms with Gasteiger partial charge in [0.25, 0.3) is 5.91 Å². The maximum atomic E-state index is 12.6. The van der Waals surface area contributed by atoms with Gasteiger partial charge in [0.1, 0.15) is 6.61 Å². The lowest BCUT2D eigenvalue weighted by molar-refractivity contribution is -0.0703. The van der Waals surface area contributed by atoms with Crippen molar-refractivity contribution in [2.24, 2.45) is 0 Å². The van der Waals surface area contributed by atoms with Gasteiger partial charge >= 0.3 is 6.09 Å². The Labute approximate surface area is 128 Å². The summed E-state index contributed by atoms with van der Waals surface area (Å²) >= 11 is 0. The van der Waals surface area contributed by atoms with Gasteiger partial charge in [0.05, 0.1) is 6.04 Å². The Kier molecular flexibility index (Phi) is 3.89. The average Bonchev–Trinajstić information content (AvgIpc) is 2.56. The number of carbonyl (C=O) groups is 2. The van der Waals surface area contributed by atoms with E-state index < -0.39 is 12.0 Å². The number of cyclic esters (lactones) is 1. The van der Waals surface area contributed by atoms with E-state index in [1.54, 1.807) is 36.3 Å². The summed E-state index contributed by atoms with van der Waals surface area (Å²) in [6, 6.07) is 18.2. The fourth-order valence-electron chi connectivity index (χ4n) is 2.50. The second-order valence-corrected chi connectivity index (χ2v) is 5.06. The summed E-state index contributed by atoms with van der Waals surface area (Å²) in [5.41, 5.74) is 1.43. The van der Waals surface area contributed by atoms with E-state index >= 15 is 0 Å². The molecule has 0 spiro atoms. The van der Waals surface area contributed by atoms with E-state index in [4.69, 9.17) is 4.74 Å². The van der Waals surface area contributed by atoms with Crippen LogP contribution < -0.4 is 0 Å². The molecule has 0 aliphatic carbocycles. The number of imide groups is 1. The second kappa shape index (κ2) is 5.99. The van der Waals surface area contributed by atoms with Crippen LogP contribution in [0.2, 0.25) is 0 Å². The quantitative estimate of drug-likeness (QED) is 0.855. The van der Waals surface area contributed by atoms with Crippen molar-refractivity contribution in [2.75, 3.05) is 13.7 Å². The number of rotatable bonds is 2. The molecule has 0 saturated carbocycles. The van der Waals surface area contributed by atoms with Crippen molar-refractivity contribution in [1.82, 2.24) is 10.0 Å². The van der Waals surface area contributed by atoms with Crippen molar-refractivity contribution < 1.29 is 14.3 Å². The minimum Gasteiger partial charge on any atom is -0.446 e. The molecule has 0 unspecified atom stereocenters. The Morgan fingerprint density at radius 2 is 1.64 bits per heavy atom. The van der Waals surface area contributed by atoms with Crippen LogP contribution in [0.15, 0.2) is 60.7 Å². The molecule has 22 heavy (non-hydrogen) atoms. The zero-order valence-electron chi connectivity index (χ0n) is 12.2. The van der Waals surface area contributed by atoms with Crippen molar-refractivity contribution in [2.45, 2.75) is 6.04 Å². The van der Waals surface area contributed by atoms with Gasteiger partial charge in [-0.25, -0.2) is 9.80 Å². The predicted molar refractivity (Wildman–Crippen MR) is 80.9 cm³/mol. The van der Waals surface area contributed by atoms with E-state index in [1.165, 1.54) is 0 Å². The summed E-state index contributed by atoms with van der Waals surface area (Å²) in [4.78, 5) is 24.6. The lowest BCUT2D eigenvalue weighted by Gasteiger charge is -2.39. The lowest BCUT2D eigenvalue weighted by atomic mass is 10.1. The molecule has 2 aromatic carbocycles. The van der Waals surface area contributed by atoms with E-state index in [-0.39, 0.29) is 12.6 Å². The Hall–Kier alpha value is -2.66. The monoisotopic (exact) mass is 296 g/mol. The lowest BCUT2D eigenvalue weighted by Crippen LogP contribution is -2.54. The van der Waals surface area contributed by atoms with Gasteiger partial charge in [-0.05, 0) is 17.7 Å². The van der Waals surface area contributed by atoms with Gasteiger partial charge in [-0.2, -0.15) is 5.01 Å². The largest absolute Gasteiger partial charge is 0.446 e. The third-order valence-electron chi connectivity index (χ3n) is 3.70. The number of likely N-dealkylation sites (N-methyl/N-ethyl adjacent to an activating group) is 1. The summed E-state index contributed by atoms with van der Waals surface area (Å²) in [7, 11) is 1.72. The first-order valence-electron chi connectivity index (χ1n) is 7.02. The zero-order valence-corrected chi connectivity index (χ0v) is 12.2. The van der Waals surface area contributed by atoms with Crippen LogP contribution in [0.4, 0.5) is 4.79 Å².